The van der Waals surface area contributed by atoms with Gasteiger partial charge in [0.15, 0.2) is 0 Å². The molecule has 7 nitrogen and oxygen atoms in total. The van der Waals surface area contributed by atoms with Crippen LogP contribution in [0.3, 0.4) is 0 Å². The molecule has 0 bridgehead atoms. The van der Waals surface area contributed by atoms with E-state index in [2.05, 4.69) is 15.6 Å². The molecule has 1 unspecified atom stereocenters. The zero-order chi connectivity index (χ0) is 18.6. The first-order chi connectivity index (χ1) is 13.2. The molecule has 0 aliphatic carbocycles. The van der Waals surface area contributed by atoms with Gasteiger partial charge in [0.05, 0.1) is 18.0 Å². The molecule has 0 spiro atoms. The average molecular weight is 364 g/mol. The molecule has 2 heterocycles. The van der Waals surface area contributed by atoms with Gasteiger partial charge in [0, 0.05) is 18.7 Å². The van der Waals surface area contributed by atoms with E-state index in [-0.39, 0.29) is 17.6 Å². The fourth-order valence-electron chi connectivity index (χ4n) is 3.18. The van der Waals surface area contributed by atoms with Crippen LogP contribution in [-0.2, 0) is 11.3 Å². The SMILES string of the molecule is O=C(NCC1CCCO1)c1ccc(Cn2nnc3ccccc3c2=O)cc1. The van der Waals surface area contributed by atoms with Gasteiger partial charge in [-0.15, -0.1) is 5.10 Å². The number of aromatic nitrogens is 3. The minimum Gasteiger partial charge on any atom is -0.376 e. The van der Waals surface area contributed by atoms with Crippen molar-refractivity contribution in [2.45, 2.75) is 25.5 Å². The predicted octanol–water partition coefficient (Wildman–Crippen LogP) is 1.75. The first kappa shape index (κ1) is 17.4. The highest BCUT2D eigenvalue weighted by Crippen LogP contribution is 2.11. The van der Waals surface area contributed by atoms with E-state index in [1.54, 1.807) is 30.3 Å². The molecule has 1 amide bonds. The zero-order valence-corrected chi connectivity index (χ0v) is 14.8. The van der Waals surface area contributed by atoms with Crippen molar-refractivity contribution in [3.8, 4) is 0 Å². The highest BCUT2D eigenvalue weighted by atomic mass is 16.5. The third kappa shape index (κ3) is 3.88. The van der Waals surface area contributed by atoms with E-state index in [0.717, 1.165) is 25.0 Å². The summed E-state index contributed by atoms with van der Waals surface area (Å²) in [6.07, 6.45) is 2.15. The minimum atomic E-state index is -0.181. The summed E-state index contributed by atoms with van der Waals surface area (Å²) in [7, 11) is 0. The van der Waals surface area contributed by atoms with Crippen molar-refractivity contribution in [2.75, 3.05) is 13.2 Å². The van der Waals surface area contributed by atoms with Gasteiger partial charge in [0.25, 0.3) is 11.5 Å². The van der Waals surface area contributed by atoms with Crippen molar-refractivity contribution in [1.82, 2.24) is 20.3 Å². The predicted molar refractivity (Wildman–Crippen MR) is 101 cm³/mol. The monoisotopic (exact) mass is 364 g/mol. The zero-order valence-electron chi connectivity index (χ0n) is 14.8. The van der Waals surface area contributed by atoms with E-state index in [1.807, 2.05) is 18.2 Å². The number of rotatable bonds is 5. The number of nitrogens with one attached hydrogen (secondary N) is 1. The lowest BCUT2D eigenvalue weighted by Crippen LogP contribution is -2.31. The van der Waals surface area contributed by atoms with Crippen LogP contribution in [0.15, 0.2) is 53.3 Å². The molecule has 4 rings (SSSR count). The summed E-state index contributed by atoms with van der Waals surface area (Å²) in [4.78, 5) is 24.7. The lowest BCUT2D eigenvalue weighted by Gasteiger charge is -2.11. The maximum atomic E-state index is 12.5. The molecular weight excluding hydrogens is 344 g/mol. The molecule has 1 fully saturated rings. The number of nitrogens with zero attached hydrogens (tertiary/aromatic N) is 3. The largest absolute Gasteiger partial charge is 0.376 e. The third-order valence-corrected chi connectivity index (χ3v) is 4.69. The van der Waals surface area contributed by atoms with Crippen LogP contribution in [0.4, 0.5) is 0 Å². The fraction of sp³-hybridized carbons (Fsp3) is 0.300. The average Bonchev–Trinajstić information content (AvgIpc) is 3.23. The molecule has 1 aliphatic rings. The van der Waals surface area contributed by atoms with Crippen LogP contribution in [0.2, 0.25) is 0 Å². The molecule has 1 N–H and O–H groups in total. The molecule has 1 saturated heterocycles. The van der Waals surface area contributed by atoms with E-state index >= 15 is 0 Å². The first-order valence-corrected chi connectivity index (χ1v) is 9.02. The quantitative estimate of drug-likeness (QED) is 0.745. The number of fused-ring (bicyclic) bond motifs is 1. The summed E-state index contributed by atoms with van der Waals surface area (Å²) in [6.45, 7) is 1.60. The van der Waals surface area contributed by atoms with Crippen LogP contribution >= 0.6 is 0 Å². The second-order valence-corrected chi connectivity index (χ2v) is 6.61. The Morgan fingerprint density at radius 1 is 1.19 bits per heavy atom. The van der Waals surface area contributed by atoms with Crippen LogP contribution in [0, 0.1) is 0 Å². The van der Waals surface area contributed by atoms with Gasteiger partial charge in [-0.3, -0.25) is 9.59 Å². The number of ether oxygens (including phenoxy) is 1. The Bertz CT molecular complexity index is 1010. The Morgan fingerprint density at radius 2 is 2.00 bits per heavy atom. The Morgan fingerprint density at radius 3 is 2.78 bits per heavy atom. The third-order valence-electron chi connectivity index (χ3n) is 4.69. The lowest BCUT2D eigenvalue weighted by molar-refractivity contribution is 0.0858. The number of carbonyl (C=O) groups is 1. The first-order valence-electron chi connectivity index (χ1n) is 9.02. The van der Waals surface area contributed by atoms with Crippen LogP contribution in [0.25, 0.3) is 10.9 Å². The van der Waals surface area contributed by atoms with Gasteiger partial charge in [0.1, 0.15) is 5.52 Å². The van der Waals surface area contributed by atoms with E-state index in [1.165, 1.54) is 4.68 Å². The summed E-state index contributed by atoms with van der Waals surface area (Å²) < 4.78 is 6.83. The highest BCUT2D eigenvalue weighted by molar-refractivity contribution is 5.94. The Hall–Kier alpha value is -3.06. The molecule has 2 aromatic carbocycles. The number of carbonyl (C=O) groups excluding carboxylic acids is 1. The standard InChI is InChI=1S/C20H20N4O3/c25-19(21-12-16-4-3-11-27-16)15-9-7-14(8-10-15)13-24-20(26)17-5-1-2-6-18(17)22-23-24/h1-2,5-10,16H,3-4,11-13H2,(H,21,25). The Balaban J connectivity index is 1.44. The van der Waals surface area contributed by atoms with Crippen molar-refractivity contribution in [2.24, 2.45) is 0 Å². The van der Waals surface area contributed by atoms with Crippen molar-refractivity contribution >= 4 is 16.8 Å². The summed E-state index contributed by atoms with van der Waals surface area (Å²) in [5.74, 6) is -0.125. The molecule has 1 aromatic heterocycles. The van der Waals surface area contributed by atoms with E-state index < -0.39 is 0 Å². The summed E-state index contributed by atoms with van der Waals surface area (Å²) in [5, 5.41) is 11.5. The van der Waals surface area contributed by atoms with E-state index in [9.17, 15) is 9.59 Å². The number of amides is 1. The summed E-state index contributed by atoms with van der Waals surface area (Å²) in [5.41, 5.74) is 1.85. The van der Waals surface area contributed by atoms with Crippen molar-refractivity contribution in [3.05, 3.63) is 70.0 Å². The van der Waals surface area contributed by atoms with Gasteiger partial charge < -0.3 is 10.1 Å². The lowest BCUT2D eigenvalue weighted by atomic mass is 10.1. The second-order valence-electron chi connectivity index (χ2n) is 6.61. The molecular formula is C20H20N4O3. The molecule has 138 valence electrons. The maximum absolute atomic E-state index is 12.5. The molecule has 3 aromatic rings. The Labute approximate surface area is 156 Å². The molecule has 27 heavy (non-hydrogen) atoms. The van der Waals surface area contributed by atoms with Crippen LogP contribution < -0.4 is 10.9 Å². The van der Waals surface area contributed by atoms with Gasteiger partial charge >= 0.3 is 0 Å². The summed E-state index contributed by atoms with van der Waals surface area (Å²) in [6, 6.07) is 14.3. The number of hydrogen-bond acceptors (Lipinski definition) is 5. The van der Waals surface area contributed by atoms with Crippen molar-refractivity contribution < 1.29 is 9.53 Å². The number of hydrogen-bond donors (Lipinski definition) is 1. The molecule has 0 radical (unpaired) electrons. The molecule has 1 aliphatic heterocycles. The second kappa shape index (κ2) is 7.67. The molecule has 1 atom stereocenters. The van der Waals surface area contributed by atoms with Gasteiger partial charge in [0.2, 0.25) is 0 Å². The smallest absolute Gasteiger partial charge is 0.277 e. The van der Waals surface area contributed by atoms with Crippen molar-refractivity contribution in [3.63, 3.8) is 0 Å². The van der Waals surface area contributed by atoms with Crippen molar-refractivity contribution in [1.29, 1.82) is 0 Å². The number of benzene rings is 2. The maximum Gasteiger partial charge on any atom is 0.277 e. The van der Waals surface area contributed by atoms with Crippen LogP contribution in [0.5, 0.6) is 0 Å². The van der Waals surface area contributed by atoms with Crippen LogP contribution in [0.1, 0.15) is 28.8 Å². The topological polar surface area (TPSA) is 86.1 Å². The van der Waals surface area contributed by atoms with E-state index in [0.29, 0.717) is 29.6 Å². The van der Waals surface area contributed by atoms with Gasteiger partial charge in [-0.05, 0) is 42.7 Å². The summed E-state index contributed by atoms with van der Waals surface area (Å²) >= 11 is 0. The normalized spacial score (nSPS) is 16.5. The van der Waals surface area contributed by atoms with Gasteiger partial charge in [-0.1, -0.05) is 29.5 Å². The van der Waals surface area contributed by atoms with Crippen LogP contribution in [-0.4, -0.2) is 40.2 Å². The minimum absolute atomic E-state index is 0.117. The fourth-order valence-corrected chi connectivity index (χ4v) is 3.18. The molecule has 7 heteroatoms. The van der Waals surface area contributed by atoms with Gasteiger partial charge in [-0.2, -0.15) is 0 Å². The highest BCUT2D eigenvalue weighted by Gasteiger charge is 2.16. The van der Waals surface area contributed by atoms with Gasteiger partial charge in [-0.25, -0.2) is 4.68 Å². The van der Waals surface area contributed by atoms with E-state index in [4.69, 9.17) is 4.74 Å². The Kier molecular flexibility index (Phi) is 4.93. The molecule has 0 saturated carbocycles.